The van der Waals surface area contributed by atoms with Gasteiger partial charge < -0.3 is 4.74 Å². The fourth-order valence-corrected chi connectivity index (χ4v) is 3.85. The Morgan fingerprint density at radius 3 is 2.74 bits per heavy atom. The number of aromatic nitrogens is 2. The molecular weight excluding hydrogens is 384 g/mol. The van der Waals surface area contributed by atoms with Crippen LogP contribution in [0.5, 0.6) is 0 Å². The molecule has 0 aliphatic rings. The Hall–Kier alpha value is -2.18. The summed E-state index contributed by atoms with van der Waals surface area (Å²) in [4.78, 5) is 29.9. The van der Waals surface area contributed by atoms with Gasteiger partial charge in [0, 0.05) is 16.0 Å². The second kappa shape index (κ2) is 9.15. The van der Waals surface area contributed by atoms with Gasteiger partial charge in [0.05, 0.1) is 18.3 Å². The summed E-state index contributed by atoms with van der Waals surface area (Å²) in [6.07, 6.45) is 5.55. The number of rotatable bonds is 8. The molecule has 0 spiro atoms. The van der Waals surface area contributed by atoms with Gasteiger partial charge in [-0.2, -0.15) is 0 Å². The van der Waals surface area contributed by atoms with E-state index < -0.39 is 5.97 Å². The summed E-state index contributed by atoms with van der Waals surface area (Å²) in [6, 6.07) is 7.30. The zero-order valence-corrected chi connectivity index (χ0v) is 16.7. The van der Waals surface area contributed by atoms with Gasteiger partial charge in [0.15, 0.2) is 0 Å². The predicted molar refractivity (Wildman–Crippen MR) is 109 cm³/mol. The predicted octanol–water partition coefficient (Wildman–Crippen LogP) is 4.90. The molecule has 0 saturated heterocycles. The smallest absolute Gasteiger partial charge is 0.326 e. The Labute approximate surface area is 166 Å². The number of hydrogen-bond acceptors (Lipinski definition) is 5. The lowest BCUT2D eigenvalue weighted by Crippen LogP contribution is -2.25. The lowest BCUT2D eigenvalue weighted by atomic mass is 10.1. The van der Waals surface area contributed by atoms with E-state index in [1.165, 1.54) is 22.2 Å². The summed E-state index contributed by atoms with van der Waals surface area (Å²) in [5.74, 6) is -0.418. The average molecular weight is 405 g/mol. The monoisotopic (exact) mass is 404 g/mol. The molecule has 3 aromatic rings. The van der Waals surface area contributed by atoms with Crippen molar-refractivity contribution in [3.63, 3.8) is 0 Å². The summed E-state index contributed by atoms with van der Waals surface area (Å²) < 4.78 is 6.54. The van der Waals surface area contributed by atoms with E-state index in [0.717, 1.165) is 36.8 Å². The Morgan fingerprint density at radius 1 is 1.22 bits per heavy atom. The third-order valence-corrected chi connectivity index (χ3v) is 5.41. The quantitative estimate of drug-likeness (QED) is 0.395. The number of carbonyl (C=O) groups is 1. The summed E-state index contributed by atoms with van der Waals surface area (Å²) in [5.41, 5.74) is 1.45. The molecule has 2 aromatic heterocycles. The largest absolute Gasteiger partial charge is 0.464 e. The van der Waals surface area contributed by atoms with Gasteiger partial charge >= 0.3 is 5.97 Å². The number of nitrogens with zero attached hydrogens (tertiary/aromatic N) is 2. The third-order valence-electron chi connectivity index (χ3n) is 4.28. The molecule has 7 heteroatoms. The Bertz CT molecular complexity index is 979. The number of carbonyl (C=O) groups excluding carboxylic acids is 1. The van der Waals surface area contributed by atoms with E-state index in [0.29, 0.717) is 21.8 Å². The molecule has 27 heavy (non-hydrogen) atoms. The number of hydrogen-bond donors (Lipinski definition) is 0. The van der Waals surface area contributed by atoms with Crippen molar-refractivity contribution in [2.75, 3.05) is 6.61 Å². The average Bonchev–Trinajstić information content (AvgIpc) is 3.09. The molecule has 0 fully saturated rings. The van der Waals surface area contributed by atoms with Crippen LogP contribution < -0.4 is 5.56 Å². The first-order valence-corrected chi connectivity index (χ1v) is 10.2. The van der Waals surface area contributed by atoms with Crippen LogP contribution in [0.1, 0.15) is 32.6 Å². The molecule has 0 N–H and O–H groups in total. The van der Waals surface area contributed by atoms with Crippen LogP contribution in [0.2, 0.25) is 5.02 Å². The van der Waals surface area contributed by atoms with Crippen molar-refractivity contribution in [1.82, 2.24) is 9.55 Å². The molecule has 0 radical (unpaired) electrons. The van der Waals surface area contributed by atoms with Crippen molar-refractivity contribution in [2.45, 2.75) is 39.2 Å². The highest BCUT2D eigenvalue weighted by atomic mass is 35.5. The van der Waals surface area contributed by atoms with Gasteiger partial charge in [0.1, 0.15) is 11.4 Å². The number of unbranched alkanes of at least 4 members (excludes halogenated alkanes) is 3. The van der Waals surface area contributed by atoms with Crippen molar-refractivity contribution in [2.24, 2.45) is 0 Å². The second-order valence-corrected chi connectivity index (χ2v) is 7.59. The lowest BCUT2D eigenvalue weighted by molar-refractivity contribution is -0.144. The van der Waals surface area contributed by atoms with Crippen LogP contribution in [0.4, 0.5) is 0 Å². The van der Waals surface area contributed by atoms with E-state index in [4.69, 9.17) is 16.3 Å². The van der Waals surface area contributed by atoms with Crippen LogP contribution in [-0.4, -0.2) is 22.1 Å². The Kier molecular flexibility index (Phi) is 6.63. The minimum absolute atomic E-state index is 0.133. The van der Waals surface area contributed by atoms with Gasteiger partial charge in [-0.1, -0.05) is 49.9 Å². The number of thiophene rings is 1. The fraction of sp³-hybridized carbons (Fsp3) is 0.350. The van der Waals surface area contributed by atoms with Gasteiger partial charge in [-0.25, -0.2) is 4.98 Å². The first-order chi connectivity index (χ1) is 13.1. The fourth-order valence-electron chi connectivity index (χ4n) is 2.82. The van der Waals surface area contributed by atoms with Crippen molar-refractivity contribution >= 4 is 39.1 Å². The van der Waals surface area contributed by atoms with Gasteiger partial charge in [-0.15, -0.1) is 11.3 Å². The first kappa shape index (κ1) is 19.6. The van der Waals surface area contributed by atoms with Crippen LogP contribution in [0.15, 0.2) is 40.8 Å². The molecule has 0 amide bonds. The van der Waals surface area contributed by atoms with Crippen molar-refractivity contribution in [3.05, 3.63) is 51.3 Å². The topological polar surface area (TPSA) is 61.2 Å². The molecule has 0 bridgehead atoms. The van der Waals surface area contributed by atoms with Crippen LogP contribution in [-0.2, 0) is 16.1 Å². The number of fused-ring (bicyclic) bond motifs is 1. The minimum atomic E-state index is -0.418. The van der Waals surface area contributed by atoms with Crippen molar-refractivity contribution in [1.29, 1.82) is 0 Å². The highest BCUT2D eigenvalue weighted by Gasteiger charge is 2.15. The molecule has 3 rings (SSSR count). The van der Waals surface area contributed by atoms with E-state index >= 15 is 0 Å². The van der Waals surface area contributed by atoms with E-state index in [-0.39, 0.29) is 12.1 Å². The standard InChI is InChI=1S/C20H21ClN2O3S/c1-2-3-4-5-10-26-17(24)11-23-13-22-19-18(20(23)25)16(12-27-19)14-6-8-15(21)9-7-14/h6-9,12-13H,2-5,10-11H2,1H3. The van der Waals surface area contributed by atoms with Gasteiger partial charge in [0.25, 0.3) is 5.56 Å². The summed E-state index contributed by atoms with van der Waals surface area (Å²) in [5, 5.41) is 3.05. The molecular formula is C20H21ClN2O3S. The zero-order valence-electron chi connectivity index (χ0n) is 15.1. The molecule has 0 aliphatic carbocycles. The SMILES string of the molecule is CCCCCCOC(=O)Cn1cnc2scc(-c3ccc(Cl)cc3)c2c1=O. The van der Waals surface area contributed by atoms with E-state index in [2.05, 4.69) is 11.9 Å². The minimum Gasteiger partial charge on any atom is -0.464 e. The summed E-state index contributed by atoms with van der Waals surface area (Å²) >= 11 is 7.35. The molecule has 1 aromatic carbocycles. The van der Waals surface area contributed by atoms with E-state index in [9.17, 15) is 9.59 Å². The molecule has 0 aliphatic heterocycles. The maximum Gasteiger partial charge on any atom is 0.326 e. The maximum absolute atomic E-state index is 12.9. The van der Waals surface area contributed by atoms with Gasteiger partial charge in [-0.3, -0.25) is 14.2 Å². The van der Waals surface area contributed by atoms with Crippen molar-refractivity contribution < 1.29 is 9.53 Å². The number of halogens is 1. The van der Waals surface area contributed by atoms with Crippen LogP contribution in [0.25, 0.3) is 21.3 Å². The summed E-state index contributed by atoms with van der Waals surface area (Å²) in [7, 11) is 0. The van der Waals surface area contributed by atoms with Gasteiger partial charge in [-0.05, 0) is 24.1 Å². The first-order valence-electron chi connectivity index (χ1n) is 8.98. The highest BCUT2D eigenvalue weighted by Crippen LogP contribution is 2.31. The number of benzene rings is 1. The highest BCUT2D eigenvalue weighted by molar-refractivity contribution is 7.17. The third kappa shape index (κ3) is 4.76. The molecule has 5 nitrogen and oxygen atoms in total. The zero-order chi connectivity index (χ0) is 19.2. The van der Waals surface area contributed by atoms with Crippen LogP contribution in [0, 0.1) is 0 Å². The number of ether oxygens (including phenoxy) is 1. The van der Waals surface area contributed by atoms with Crippen LogP contribution in [0.3, 0.4) is 0 Å². The van der Waals surface area contributed by atoms with Crippen LogP contribution >= 0.6 is 22.9 Å². The Morgan fingerprint density at radius 2 is 2.00 bits per heavy atom. The van der Waals surface area contributed by atoms with E-state index in [1.807, 2.05) is 17.5 Å². The number of esters is 1. The molecule has 0 atom stereocenters. The molecule has 142 valence electrons. The molecule has 2 heterocycles. The Balaban J connectivity index is 1.78. The van der Waals surface area contributed by atoms with Gasteiger partial charge in [0.2, 0.25) is 0 Å². The summed E-state index contributed by atoms with van der Waals surface area (Å²) in [6.45, 7) is 2.38. The van der Waals surface area contributed by atoms with Crippen molar-refractivity contribution in [3.8, 4) is 11.1 Å². The normalized spacial score (nSPS) is 11.0. The second-order valence-electron chi connectivity index (χ2n) is 6.30. The molecule has 0 saturated carbocycles. The maximum atomic E-state index is 12.9. The molecule has 0 unspecified atom stereocenters. The van der Waals surface area contributed by atoms with E-state index in [1.54, 1.807) is 12.1 Å². The lowest BCUT2D eigenvalue weighted by Gasteiger charge is -2.07.